The lowest BCUT2D eigenvalue weighted by molar-refractivity contribution is 0.166. The zero-order valence-corrected chi connectivity index (χ0v) is 14.1. The molecule has 1 aliphatic rings. The van der Waals surface area contributed by atoms with Crippen LogP contribution in [0.15, 0.2) is 33.0 Å². The van der Waals surface area contributed by atoms with Crippen LogP contribution in [0.5, 0.6) is 0 Å². The Kier molecular flexibility index (Phi) is 5.85. The number of allylic oxidation sites excluding steroid dienone is 1. The van der Waals surface area contributed by atoms with Gasteiger partial charge in [0, 0.05) is 15.1 Å². The van der Waals surface area contributed by atoms with Crippen LogP contribution >= 0.6 is 31.9 Å². The van der Waals surface area contributed by atoms with Gasteiger partial charge >= 0.3 is 0 Å². The maximum atomic E-state index is 5.80. The van der Waals surface area contributed by atoms with Gasteiger partial charge in [-0.15, -0.1) is 0 Å². The maximum Gasteiger partial charge on any atom is 0.115 e. The quantitative estimate of drug-likeness (QED) is 0.813. The van der Waals surface area contributed by atoms with Gasteiger partial charge in [0.15, 0.2) is 0 Å². The lowest BCUT2D eigenvalue weighted by Gasteiger charge is -2.25. The first-order valence-electron chi connectivity index (χ1n) is 6.59. The molecule has 2 heterocycles. The van der Waals surface area contributed by atoms with E-state index in [1.54, 1.807) is 0 Å². The van der Waals surface area contributed by atoms with Crippen LogP contribution < -0.4 is 5.32 Å². The molecule has 0 radical (unpaired) electrons. The Morgan fingerprint density at radius 1 is 1.47 bits per heavy atom. The summed E-state index contributed by atoms with van der Waals surface area (Å²) in [7, 11) is 0. The number of rotatable bonds is 5. The third-order valence-electron chi connectivity index (χ3n) is 2.96. The molecule has 1 aliphatic heterocycles. The van der Waals surface area contributed by atoms with Gasteiger partial charge in [0.25, 0.3) is 0 Å². The number of hydrogen-bond acceptors (Lipinski definition) is 3. The highest BCUT2D eigenvalue weighted by Gasteiger charge is 2.22. The first-order chi connectivity index (χ1) is 9.22. The number of pyridine rings is 1. The van der Waals surface area contributed by atoms with E-state index in [0.29, 0.717) is 0 Å². The molecular formula is C14H18Br2N2O. The topological polar surface area (TPSA) is 34.1 Å². The SMILES string of the molecule is CCCNC(C1=CCCCO1)c1ncc(Br)cc1Br. The van der Waals surface area contributed by atoms with Crippen LogP contribution in [0.25, 0.3) is 0 Å². The van der Waals surface area contributed by atoms with Crippen molar-refractivity contribution in [3.63, 3.8) is 0 Å². The van der Waals surface area contributed by atoms with Crippen LogP contribution in [-0.2, 0) is 4.74 Å². The standard InChI is InChI=1S/C14H18Br2N2O/c1-2-6-17-14(12-5-3-4-7-19-12)13-11(16)8-10(15)9-18-13/h5,8-9,14,17H,2-4,6-7H2,1H3. The largest absolute Gasteiger partial charge is 0.496 e. The molecule has 5 heteroatoms. The molecule has 1 aromatic heterocycles. The first-order valence-corrected chi connectivity index (χ1v) is 8.18. The summed E-state index contributed by atoms with van der Waals surface area (Å²) in [5, 5.41) is 3.51. The van der Waals surface area contributed by atoms with Crippen LogP contribution in [0, 0.1) is 0 Å². The normalized spacial score (nSPS) is 16.7. The van der Waals surface area contributed by atoms with Crippen LogP contribution in [0.2, 0.25) is 0 Å². The summed E-state index contributed by atoms with van der Waals surface area (Å²) >= 11 is 7.03. The molecule has 3 nitrogen and oxygen atoms in total. The summed E-state index contributed by atoms with van der Waals surface area (Å²) in [4.78, 5) is 4.53. The van der Waals surface area contributed by atoms with E-state index in [2.05, 4.69) is 55.2 Å². The Morgan fingerprint density at radius 3 is 2.95 bits per heavy atom. The lowest BCUT2D eigenvalue weighted by Crippen LogP contribution is -2.27. The summed E-state index contributed by atoms with van der Waals surface area (Å²) in [5.74, 6) is 0.996. The molecule has 0 aliphatic carbocycles. The molecular weight excluding hydrogens is 372 g/mol. The molecule has 1 unspecified atom stereocenters. The van der Waals surface area contributed by atoms with Crippen molar-refractivity contribution in [1.29, 1.82) is 0 Å². The van der Waals surface area contributed by atoms with Crippen molar-refractivity contribution in [2.75, 3.05) is 13.2 Å². The zero-order chi connectivity index (χ0) is 13.7. The van der Waals surface area contributed by atoms with Crippen LogP contribution in [-0.4, -0.2) is 18.1 Å². The predicted octanol–water partition coefficient (Wildman–Crippen LogP) is 4.34. The van der Waals surface area contributed by atoms with E-state index < -0.39 is 0 Å². The van der Waals surface area contributed by atoms with Gasteiger partial charge in [0.05, 0.1) is 12.3 Å². The monoisotopic (exact) mass is 388 g/mol. The molecule has 0 fully saturated rings. The minimum atomic E-state index is 0.0303. The highest BCUT2D eigenvalue weighted by atomic mass is 79.9. The van der Waals surface area contributed by atoms with Gasteiger partial charge in [-0.05, 0) is 69.8 Å². The molecule has 1 atom stereocenters. The van der Waals surface area contributed by atoms with Gasteiger partial charge in [-0.3, -0.25) is 4.98 Å². The first kappa shape index (κ1) is 15.0. The van der Waals surface area contributed by atoms with Crippen molar-refractivity contribution in [3.05, 3.63) is 38.7 Å². The van der Waals surface area contributed by atoms with Crippen molar-refractivity contribution < 1.29 is 4.74 Å². The fraction of sp³-hybridized carbons (Fsp3) is 0.500. The molecule has 0 saturated heterocycles. The van der Waals surface area contributed by atoms with Crippen molar-refractivity contribution in [2.24, 2.45) is 0 Å². The van der Waals surface area contributed by atoms with Crippen molar-refractivity contribution in [3.8, 4) is 0 Å². The Morgan fingerprint density at radius 2 is 2.32 bits per heavy atom. The number of hydrogen-bond donors (Lipinski definition) is 1. The number of ether oxygens (including phenoxy) is 1. The molecule has 2 rings (SSSR count). The maximum absolute atomic E-state index is 5.80. The molecule has 0 bridgehead atoms. The van der Waals surface area contributed by atoms with Gasteiger partial charge in [0.1, 0.15) is 11.8 Å². The summed E-state index contributed by atoms with van der Waals surface area (Å²) < 4.78 is 7.76. The summed E-state index contributed by atoms with van der Waals surface area (Å²) in [5.41, 5.74) is 0.977. The van der Waals surface area contributed by atoms with E-state index in [0.717, 1.165) is 52.8 Å². The average Bonchev–Trinajstić information content (AvgIpc) is 2.42. The molecule has 1 N–H and O–H groups in total. The highest BCUT2D eigenvalue weighted by molar-refractivity contribution is 9.11. The van der Waals surface area contributed by atoms with Crippen molar-refractivity contribution >= 4 is 31.9 Å². The molecule has 0 amide bonds. The number of halogens is 2. The minimum Gasteiger partial charge on any atom is -0.496 e. The minimum absolute atomic E-state index is 0.0303. The second-order valence-electron chi connectivity index (χ2n) is 4.50. The van der Waals surface area contributed by atoms with Crippen molar-refractivity contribution in [2.45, 2.75) is 32.2 Å². The molecule has 0 aromatic carbocycles. The molecule has 19 heavy (non-hydrogen) atoms. The molecule has 104 valence electrons. The van der Waals surface area contributed by atoms with Gasteiger partial charge in [-0.1, -0.05) is 6.92 Å². The zero-order valence-electron chi connectivity index (χ0n) is 11.0. The van der Waals surface area contributed by atoms with Crippen LogP contribution in [0.3, 0.4) is 0 Å². The van der Waals surface area contributed by atoms with E-state index in [-0.39, 0.29) is 6.04 Å². The number of aromatic nitrogens is 1. The van der Waals surface area contributed by atoms with E-state index in [1.807, 2.05) is 12.3 Å². The number of nitrogens with one attached hydrogen (secondary N) is 1. The highest BCUT2D eigenvalue weighted by Crippen LogP contribution is 2.31. The summed E-state index contributed by atoms with van der Waals surface area (Å²) in [6.45, 7) is 3.89. The van der Waals surface area contributed by atoms with E-state index >= 15 is 0 Å². The van der Waals surface area contributed by atoms with E-state index in [4.69, 9.17) is 4.74 Å². The smallest absolute Gasteiger partial charge is 0.115 e. The fourth-order valence-electron chi connectivity index (χ4n) is 2.04. The molecule has 0 spiro atoms. The van der Waals surface area contributed by atoms with Crippen molar-refractivity contribution in [1.82, 2.24) is 10.3 Å². The third kappa shape index (κ3) is 4.04. The van der Waals surface area contributed by atoms with Gasteiger partial charge < -0.3 is 10.1 Å². The molecule has 0 saturated carbocycles. The molecule has 1 aromatic rings. The van der Waals surface area contributed by atoms with E-state index in [1.165, 1.54) is 0 Å². The third-order valence-corrected chi connectivity index (χ3v) is 4.02. The van der Waals surface area contributed by atoms with Gasteiger partial charge in [-0.2, -0.15) is 0 Å². The Balaban J connectivity index is 2.27. The summed E-state index contributed by atoms with van der Waals surface area (Å²) in [6, 6.07) is 2.05. The van der Waals surface area contributed by atoms with Crippen LogP contribution in [0.4, 0.5) is 0 Å². The fourth-order valence-corrected chi connectivity index (χ4v) is 3.25. The average molecular weight is 390 g/mol. The van der Waals surface area contributed by atoms with Gasteiger partial charge in [-0.25, -0.2) is 0 Å². The Hall–Kier alpha value is -0.390. The lowest BCUT2D eigenvalue weighted by atomic mass is 10.1. The Bertz CT molecular complexity index is 463. The second-order valence-corrected chi connectivity index (χ2v) is 6.27. The van der Waals surface area contributed by atoms with E-state index in [9.17, 15) is 0 Å². The second kappa shape index (κ2) is 7.41. The van der Waals surface area contributed by atoms with Gasteiger partial charge in [0.2, 0.25) is 0 Å². The summed E-state index contributed by atoms with van der Waals surface area (Å²) in [6.07, 6.45) is 7.25. The Labute approximate surface area is 131 Å². The number of nitrogens with zero attached hydrogens (tertiary/aromatic N) is 1. The predicted molar refractivity (Wildman–Crippen MR) is 83.9 cm³/mol. The van der Waals surface area contributed by atoms with Crippen LogP contribution in [0.1, 0.15) is 37.9 Å².